The maximum atomic E-state index is 13.1. The van der Waals surface area contributed by atoms with E-state index in [1.165, 1.54) is 0 Å². The number of hydrogen-bond acceptors (Lipinski definition) is 9. The van der Waals surface area contributed by atoms with Crippen molar-refractivity contribution in [3.8, 4) is 0 Å². The molecule has 7 aliphatic rings. The molecular weight excluding hydrogens is 540 g/mol. The minimum Gasteiger partial charge on any atom is -0.458 e. The molecule has 13 atom stereocenters. The molecule has 7 rings (SSSR count). The SMILES string of the molecule is CC[C@@]1(C)O[C@H]2[C@@H](C)O[C@@H](O[C@@H]3CC[C@]4(C=O)[C@H]5CC[C@]6(C)[C@H](C7=CC(=O)OC7)CC[C@]6(O)[C@@H]5CC[C@]4(O)C3)C[C@H]2O1. The first kappa shape index (κ1) is 29.4. The zero-order valence-corrected chi connectivity index (χ0v) is 25.5. The zero-order chi connectivity index (χ0) is 29.7. The van der Waals surface area contributed by atoms with Crippen LogP contribution in [0.15, 0.2) is 11.6 Å². The Morgan fingerprint density at radius 1 is 1.05 bits per heavy atom. The van der Waals surface area contributed by atoms with Gasteiger partial charge in [0.15, 0.2) is 12.1 Å². The highest BCUT2D eigenvalue weighted by Gasteiger charge is 2.71. The van der Waals surface area contributed by atoms with Crippen LogP contribution in [0, 0.1) is 28.6 Å². The smallest absolute Gasteiger partial charge is 0.331 e. The molecule has 0 bridgehead atoms. The summed E-state index contributed by atoms with van der Waals surface area (Å²) in [6.45, 7) is 8.49. The molecule has 9 heteroatoms. The third kappa shape index (κ3) is 4.02. The van der Waals surface area contributed by atoms with Crippen molar-refractivity contribution in [2.24, 2.45) is 28.6 Å². The van der Waals surface area contributed by atoms with Crippen LogP contribution >= 0.6 is 0 Å². The summed E-state index contributed by atoms with van der Waals surface area (Å²) in [4.78, 5) is 25.0. The van der Waals surface area contributed by atoms with Gasteiger partial charge in [-0.3, -0.25) is 0 Å². The Morgan fingerprint density at radius 3 is 2.55 bits per heavy atom. The van der Waals surface area contributed by atoms with Crippen LogP contribution in [0.3, 0.4) is 0 Å². The molecule has 0 aromatic carbocycles. The van der Waals surface area contributed by atoms with Crippen molar-refractivity contribution in [1.29, 1.82) is 0 Å². The molecule has 0 aromatic heterocycles. The van der Waals surface area contributed by atoms with Gasteiger partial charge in [0.1, 0.15) is 19.0 Å². The van der Waals surface area contributed by atoms with E-state index < -0.39 is 28.7 Å². The molecule has 4 aliphatic carbocycles. The highest BCUT2D eigenvalue weighted by Crippen LogP contribution is 2.70. The lowest BCUT2D eigenvalue weighted by atomic mass is 9.41. The number of aliphatic hydroxyl groups is 2. The number of hydrogen-bond donors (Lipinski definition) is 2. The Hall–Kier alpha value is -1.36. The molecule has 0 amide bonds. The second-order valence-electron chi connectivity index (χ2n) is 15.0. The summed E-state index contributed by atoms with van der Waals surface area (Å²) in [5.41, 5.74) is -2.44. The van der Waals surface area contributed by atoms with E-state index in [0.29, 0.717) is 51.6 Å². The number of rotatable bonds is 5. The largest absolute Gasteiger partial charge is 0.458 e. The number of fused-ring (bicyclic) bond motifs is 6. The van der Waals surface area contributed by atoms with E-state index in [0.717, 1.165) is 37.5 Å². The van der Waals surface area contributed by atoms with Crippen LogP contribution < -0.4 is 0 Å². The maximum Gasteiger partial charge on any atom is 0.331 e. The summed E-state index contributed by atoms with van der Waals surface area (Å²) >= 11 is 0. The minimum atomic E-state index is -1.19. The van der Waals surface area contributed by atoms with Gasteiger partial charge in [-0.25, -0.2) is 4.79 Å². The van der Waals surface area contributed by atoms with Gasteiger partial charge >= 0.3 is 5.97 Å². The monoisotopic (exact) mass is 588 g/mol. The summed E-state index contributed by atoms with van der Waals surface area (Å²) in [7, 11) is 0. The van der Waals surface area contributed by atoms with Gasteiger partial charge in [-0.05, 0) is 95.0 Å². The number of ether oxygens (including phenoxy) is 5. The lowest BCUT2D eigenvalue weighted by Gasteiger charge is -2.65. The number of esters is 1. The Bertz CT molecular complexity index is 1160. The van der Waals surface area contributed by atoms with Crippen LogP contribution in [0.1, 0.15) is 98.3 Å². The van der Waals surface area contributed by atoms with Crippen LogP contribution in [0.2, 0.25) is 0 Å². The second kappa shape index (κ2) is 9.82. The lowest BCUT2D eigenvalue weighted by Crippen LogP contribution is -2.69. The molecule has 0 spiro atoms. The molecule has 4 saturated carbocycles. The van der Waals surface area contributed by atoms with Gasteiger partial charge in [0, 0.05) is 24.3 Å². The molecular formula is C33H48O9. The topological polar surface area (TPSA) is 121 Å². The summed E-state index contributed by atoms with van der Waals surface area (Å²) < 4.78 is 30.4. The molecule has 3 aliphatic heterocycles. The quantitative estimate of drug-likeness (QED) is 0.279. The highest BCUT2D eigenvalue weighted by atomic mass is 16.8. The van der Waals surface area contributed by atoms with Crippen molar-refractivity contribution in [2.75, 3.05) is 6.61 Å². The third-order valence-electron chi connectivity index (χ3n) is 13.2. The Morgan fingerprint density at radius 2 is 1.83 bits per heavy atom. The van der Waals surface area contributed by atoms with E-state index in [-0.39, 0.29) is 53.6 Å². The first-order valence-corrected chi connectivity index (χ1v) is 16.3. The zero-order valence-electron chi connectivity index (χ0n) is 25.5. The van der Waals surface area contributed by atoms with E-state index >= 15 is 0 Å². The summed E-state index contributed by atoms with van der Waals surface area (Å²) in [6, 6.07) is 0. The fraction of sp³-hybridized carbons (Fsp3) is 0.879. The van der Waals surface area contributed by atoms with Crippen molar-refractivity contribution in [1.82, 2.24) is 0 Å². The van der Waals surface area contributed by atoms with Crippen LogP contribution in [-0.4, -0.2) is 76.8 Å². The Labute approximate surface area is 248 Å². The van der Waals surface area contributed by atoms with Crippen LogP contribution in [-0.2, 0) is 33.3 Å². The number of cyclic esters (lactones) is 1. The van der Waals surface area contributed by atoms with E-state index in [1.807, 2.05) is 20.8 Å². The standard InChI is InChI=1S/C33H48O9/c1-5-30(4)41-25-15-27(39-19(2)28(25)42-30)40-21-6-11-31(18-34)23-7-10-29(3)22(20-14-26(35)38-17-20)9-13-33(29,37)24(23)8-12-32(31,36)16-21/h14,18-19,21-25,27-28,36-37H,5-13,15-17H2,1-4H3/t19-,21-,22+,23+,24-,25-,27+,28+,29-,30-,31+,32+,33+/m1/s1. The number of carbonyl (C=O) groups excluding carboxylic acids is 2. The first-order valence-electron chi connectivity index (χ1n) is 16.3. The molecule has 3 heterocycles. The van der Waals surface area contributed by atoms with Gasteiger partial charge in [0.05, 0.1) is 34.9 Å². The van der Waals surface area contributed by atoms with Crippen molar-refractivity contribution in [3.63, 3.8) is 0 Å². The molecule has 2 N–H and O–H groups in total. The van der Waals surface area contributed by atoms with Gasteiger partial charge in [0.2, 0.25) is 0 Å². The second-order valence-corrected chi connectivity index (χ2v) is 15.0. The van der Waals surface area contributed by atoms with Crippen molar-refractivity contribution in [2.45, 2.75) is 146 Å². The van der Waals surface area contributed by atoms with Gasteiger partial charge in [-0.2, -0.15) is 0 Å². The summed E-state index contributed by atoms with van der Waals surface area (Å²) in [5, 5.41) is 24.7. The molecule has 0 aromatic rings. The first-order chi connectivity index (χ1) is 19.9. The molecule has 9 nitrogen and oxygen atoms in total. The molecule has 2 saturated heterocycles. The normalized spacial score (nSPS) is 55.2. The Kier molecular flexibility index (Phi) is 6.86. The summed E-state index contributed by atoms with van der Waals surface area (Å²) in [5.74, 6) is -0.980. The fourth-order valence-electron chi connectivity index (χ4n) is 10.8. The van der Waals surface area contributed by atoms with Crippen molar-refractivity contribution >= 4 is 12.3 Å². The maximum absolute atomic E-state index is 13.1. The predicted molar refractivity (Wildman–Crippen MR) is 150 cm³/mol. The van der Waals surface area contributed by atoms with Crippen molar-refractivity contribution < 1.29 is 43.5 Å². The van der Waals surface area contributed by atoms with E-state index in [2.05, 4.69) is 6.92 Å². The number of carbonyl (C=O) groups is 2. The Balaban J connectivity index is 1.07. The van der Waals surface area contributed by atoms with Gasteiger partial charge in [0.25, 0.3) is 0 Å². The van der Waals surface area contributed by atoms with Crippen LogP contribution in [0.4, 0.5) is 0 Å². The molecule has 42 heavy (non-hydrogen) atoms. The third-order valence-corrected chi connectivity index (χ3v) is 13.2. The average Bonchev–Trinajstić information content (AvgIpc) is 3.61. The van der Waals surface area contributed by atoms with E-state index in [4.69, 9.17) is 23.7 Å². The van der Waals surface area contributed by atoms with Crippen LogP contribution in [0.5, 0.6) is 0 Å². The van der Waals surface area contributed by atoms with Gasteiger partial charge in [-0.15, -0.1) is 0 Å². The van der Waals surface area contributed by atoms with Crippen LogP contribution in [0.25, 0.3) is 0 Å². The predicted octanol–water partition coefficient (Wildman–Crippen LogP) is 3.97. The molecule has 234 valence electrons. The minimum absolute atomic E-state index is 0.0744. The van der Waals surface area contributed by atoms with Gasteiger partial charge < -0.3 is 38.7 Å². The fourth-order valence-corrected chi connectivity index (χ4v) is 10.8. The average molecular weight is 589 g/mol. The summed E-state index contributed by atoms with van der Waals surface area (Å²) in [6.07, 6.45) is 8.56. The molecule has 6 fully saturated rings. The van der Waals surface area contributed by atoms with E-state index in [9.17, 15) is 19.8 Å². The van der Waals surface area contributed by atoms with Crippen molar-refractivity contribution in [3.05, 3.63) is 11.6 Å². The van der Waals surface area contributed by atoms with Gasteiger partial charge in [-0.1, -0.05) is 13.8 Å². The lowest BCUT2D eigenvalue weighted by molar-refractivity contribution is -0.278. The molecule has 0 unspecified atom stereocenters. The van der Waals surface area contributed by atoms with E-state index in [1.54, 1.807) is 6.08 Å². The molecule has 0 radical (unpaired) electrons. The number of aldehydes is 1. The highest BCUT2D eigenvalue weighted by molar-refractivity contribution is 5.85.